The lowest BCUT2D eigenvalue weighted by molar-refractivity contribution is 0.439. The fourth-order valence-corrected chi connectivity index (χ4v) is 2.92. The van der Waals surface area contributed by atoms with Gasteiger partial charge in [0.1, 0.15) is 11.6 Å². The standard InChI is InChI=1S/C14H14BrFN2O/c15-14-4-3-13(19-14)12(8-17)18-6-5-9-1-2-10(16)7-11(9)18/h1-4,7,12H,5-6,8,17H2. The highest BCUT2D eigenvalue weighted by Crippen LogP contribution is 2.36. The number of fused-ring (bicyclic) bond motifs is 1. The van der Waals surface area contributed by atoms with Gasteiger partial charge >= 0.3 is 0 Å². The Morgan fingerprint density at radius 1 is 1.37 bits per heavy atom. The second kappa shape index (κ2) is 4.98. The zero-order valence-corrected chi connectivity index (χ0v) is 11.9. The first-order chi connectivity index (χ1) is 9.19. The Balaban J connectivity index is 1.97. The number of anilines is 1. The Bertz CT molecular complexity index is 599. The molecule has 1 aromatic carbocycles. The summed E-state index contributed by atoms with van der Waals surface area (Å²) in [6.45, 7) is 1.26. The van der Waals surface area contributed by atoms with Crippen molar-refractivity contribution in [3.05, 3.63) is 52.1 Å². The molecule has 0 aliphatic carbocycles. The number of hydrogen-bond donors (Lipinski definition) is 1. The van der Waals surface area contributed by atoms with Crippen molar-refractivity contribution in [3.63, 3.8) is 0 Å². The van der Waals surface area contributed by atoms with E-state index in [-0.39, 0.29) is 11.9 Å². The number of benzene rings is 1. The zero-order valence-electron chi connectivity index (χ0n) is 10.3. The summed E-state index contributed by atoms with van der Waals surface area (Å²) in [4.78, 5) is 2.11. The molecule has 0 saturated carbocycles. The van der Waals surface area contributed by atoms with Crippen LogP contribution in [0.15, 0.2) is 39.4 Å². The van der Waals surface area contributed by atoms with Crippen molar-refractivity contribution in [1.82, 2.24) is 0 Å². The molecule has 0 fully saturated rings. The van der Waals surface area contributed by atoms with E-state index in [0.717, 1.165) is 30.0 Å². The van der Waals surface area contributed by atoms with E-state index in [1.807, 2.05) is 18.2 Å². The Labute approximate surface area is 119 Å². The minimum absolute atomic E-state index is 0.0608. The molecular weight excluding hydrogens is 311 g/mol. The molecule has 1 aromatic heterocycles. The monoisotopic (exact) mass is 324 g/mol. The quantitative estimate of drug-likeness (QED) is 0.942. The number of nitrogens with zero attached hydrogens (tertiary/aromatic N) is 1. The van der Waals surface area contributed by atoms with Crippen LogP contribution in [-0.4, -0.2) is 13.1 Å². The van der Waals surface area contributed by atoms with Crippen molar-refractivity contribution in [1.29, 1.82) is 0 Å². The lowest BCUT2D eigenvalue weighted by atomic mass is 10.1. The van der Waals surface area contributed by atoms with Crippen LogP contribution >= 0.6 is 15.9 Å². The molecule has 1 aliphatic heterocycles. The molecule has 3 rings (SSSR count). The van der Waals surface area contributed by atoms with Crippen LogP contribution in [-0.2, 0) is 6.42 Å². The highest BCUT2D eigenvalue weighted by molar-refractivity contribution is 9.10. The van der Waals surface area contributed by atoms with E-state index in [9.17, 15) is 4.39 Å². The maximum absolute atomic E-state index is 13.4. The molecule has 2 aromatic rings. The summed E-state index contributed by atoms with van der Waals surface area (Å²) in [7, 11) is 0. The summed E-state index contributed by atoms with van der Waals surface area (Å²) >= 11 is 3.30. The molecule has 5 heteroatoms. The van der Waals surface area contributed by atoms with Crippen molar-refractivity contribution in [2.45, 2.75) is 12.5 Å². The van der Waals surface area contributed by atoms with E-state index in [2.05, 4.69) is 20.8 Å². The highest BCUT2D eigenvalue weighted by Gasteiger charge is 2.28. The zero-order chi connectivity index (χ0) is 13.4. The van der Waals surface area contributed by atoms with Gasteiger partial charge in [0.05, 0.1) is 6.04 Å². The van der Waals surface area contributed by atoms with Crippen molar-refractivity contribution in [3.8, 4) is 0 Å². The van der Waals surface area contributed by atoms with Gasteiger partial charge in [0.25, 0.3) is 0 Å². The third-order valence-corrected chi connectivity index (χ3v) is 3.93. The smallest absolute Gasteiger partial charge is 0.169 e. The van der Waals surface area contributed by atoms with Crippen LogP contribution < -0.4 is 10.6 Å². The van der Waals surface area contributed by atoms with Crippen LogP contribution in [0.5, 0.6) is 0 Å². The van der Waals surface area contributed by atoms with E-state index >= 15 is 0 Å². The second-order valence-electron chi connectivity index (χ2n) is 4.61. The molecule has 100 valence electrons. The van der Waals surface area contributed by atoms with Gasteiger partial charge in [0.2, 0.25) is 0 Å². The maximum atomic E-state index is 13.4. The first-order valence-corrected chi connectivity index (χ1v) is 6.98. The number of rotatable bonds is 3. The summed E-state index contributed by atoms with van der Waals surface area (Å²) in [5.41, 5.74) is 7.96. The first kappa shape index (κ1) is 12.7. The third kappa shape index (κ3) is 2.28. The van der Waals surface area contributed by atoms with E-state index in [1.165, 1.54) is 6.07 Å². The SMILES string of the molecule is NCC(c1ccc(Br)o1)N1CCc2ccc(F)cc21. The minimum Gasteiger partial charge on any atom is -0.452 e. The molecule has 0 spiro atoms. The van der Waals surface area contributed by atoms with Crippen molar-refractivity contribution < 1.29 is 8.81 Å². The molecule has 19 heavy (non-hydrogen) atoms. The van der Waals surface area contributed by atoms with Crippen LogP contribution in [0.1, 0.15) is 17.4 Å². The average Bonchev–Trinajstić information content (AvgIpc) is 2.98. The normalized spacial score (nSPS) is 15.6. The lowest BCUT2D eigenvalue weighted by Crippen LogP contribution is -2.32. The Hall–Kier alpha value is -1.33. The van der Waals surface area contributed by atoms with E-state index < -0.39 is 0 Å². The largest absolute Gasteiger partial charge is 0.452 e. The minimum atomic E-state index is -0.220. The fourth-order valence-electron chi connectivity index (χ4n) is 2.61. The molecule has 3 nitrogen and oxygen atoms in total. The molecule has 2 N–H and O–H groups in total. The van der Waals surface area contributed by atoms with E-state index in [0.29, 0.717) is 11.2 Å². The molecule has 2 heterocycles. The van der Waals surface area contributed by atoms with Gasteiger partial charge in [-0.2, -0.15) is 0 Å². The van der Waals surface area contributed by atoms with Crippen LogP contribution in [0, 0.1) is 5.82 Å². The average molecular weight is 325 g/mol. The van der Waals surface area contributed by atoms with Crippen molar-refractivity contribution in [2.75, 3.05) is 18.0 Å². The van der Waals surface area contributed by atoms with Crippen LogP contribution in [0.2, 0.25) is 0 Å². The van der Waals surface area contributed by atoms with Gasteiger partial charge in [-0.15, -0.1) is 0 Å². The van der Waals surface area contributed by atoms with E-state index in [4.69, 9.17) is 10.2 Å². The molecule has 0 amide bonds. The summed E-state index contributed by atoms with van der Waals surface area (Å²) in [5.74, 6) is 0.577. The molecular formula is C14H14BrFN2O. The molecule has 0 bridgehead atoms. The summed E-state index contributed by atoms with van der Waals surface area (Å²) in [6.07, 6.45) is 0.911. The third-order valence-electron chi connectivity index (χ3n) is 3.50. The van der Waals surface area contributed by atoms with Gasteiger partial charge in [-0.1, -0.05) is 6.07 Å². The van der Waals surface area contributed by atoms with Crippen molar-refractivity contribution in [2.24, 2.45) is 5.73 Å². The molecule has 1 atom stereocenters. The van der Waals surface area contributed by atoms with Crippen LogP contribution in [0.25, 0.3) is 0 Å². The topological polar surface area (TPSA) is 42.4 Å². The lowest BCUT2D eigenvalue weighted by Gasteiger charge is -2.27. The molecule has 0 saturated heterocycles. The molecule has 0 radical (unpaired) electrons. The summed E-state index contributed by atoms with van der Waals surface area (Å²) in [5, 5.41) is 0. The van der Waals surface area contributed by atoms with Crippen molar-refractivity contribution >= 4 is 21.6 Å². The molecule has 1 unspecified atom stereocenters. The van der Waals surface area contributed by atoms with Gasteiger partial charge in [-0.25, -0.2) is 4.39 Å². The fraction of sp³-hybridized carbons (Fsp3) is 0.286. The predicted molar refractivity (Wildman–Crippen MR) is 75.7 cm³/mol. The van der Waals surface area contributed by atoms with Gasteiger partial charge in [0, 0.05) is 18.8 Å². The van der Waals surface area contributed by atoms with E-state index in [1.54, 1.807) is 6.07 Å². The van der Waals surface area contributed by atoms with Gasteiger partial charge in [-0.05, 0) is 52.2 Å². The number of nitrogens with two attached hydrogens (primary N) is 1. The van der Waals surface area contributed by atoms with Gasteiger partial charge < -0.3 is 15.1 Å². The Kier molecular flexibility index (Phi) is 3.33. The summed E-state index contributed by atoms with van der Waals surface area (Å²) < 4.78 is 19.7. The maximum Gasteiger partial charge on any atom is 0.169 e. The Morgan fingerprint density at radius 3 is 2.89 bits per heavy atom. The van der Waals surface area contributed by atoms with Gasteiger partial charge in [0.15, 0.2) is 4.67 Å². The first-order valence-electron chi connectivity index (χ1n) is 6.19. The van der Waals surface area contributed by atoms with Crippen LogP contribution in [0.3, 0.4) is 0 Å². The Morgan fingerprint density at radius 2 is 2.21 bits per heavy atom. The number of furan rings is 1. The van der Waals surface area contributed by atoms with Gasteiger partial charge in [-0.3, -0.25) is 0 Å². The van der Waals surface area contributed by atoms with Crippen LogP contribution in [0.4, 0.5) is 10.1 Å². The highest BCUT2D eigenvalue weighted by atomic mass is 79.9. The number of hydrogen-bond acceptors (Lipinski definition) is 3. The number of halogens is 2. The molecule has 1 aliphatic rings. The predicted octanol–water partition coefficient (Wildman–Crippen LogP) is 3.24. The second-order valence-corrected chi connectivity index (χ2v) is 5.39. The summed E-state index contributed by atoms with van der Waals surface area (Å²) in [6, 6.07) is 8.61.